The highest BCUT2D eigenvalue weighted by atomic mass is 16.4. The third kappa shape index (κ3) is 5.32. The summed E-state index contributed by atoms with van der Waals surface area (Å²) in [4.78, 5) is 23.8. The van der Waals surface area contributed by atoms with E-state index in [1.807, 2.05) is 54.6 Å². The van der Waals surface area contributed by atoms with Crippen LogP contribution >= 0.6 is 0 Å². The zero-order chi connectivity index (χ0) is 22.3. The number of rotatable bonds is 7. The first kappa shape index (κ1) is 21.1. The van der Waals surface area contributed by atoms with Gasteiger partial charge in [-0.15, -0.1) is 0 Å². The first-order chi connectivity index (χ1) is 15.6. The van der Waals surface area contributed by atoms with E-state index in [-0.39, 0.29) is 23.8 Å². The number of amides is 1. The average Bonchev–Trinajstić information content (AvgIpc) is 3.28. The van der Waals surface area contributed by atoms with Gasteiger partial charge in [0.15, 0.2) is 0 Å². The number of carbonyl (C=O) groups is 2. The highest BCUT2D eigenvalue weighted by molar-refractivity contribution is 5.96. The molecule has 1 heterocycles. The molecule has 2 aromatic carbocycles. The van der Waals surface area contributed by atoms with Crippen LogP contribution in [-0.4, -0.2) is 17.0 Å². The van der Waals surface area contributed by atoms with Crippen molar-refractivity contribution in [3.8, 4) is 0 Å². The Kier molecular flexibility index (Phi) is 6.46. The Balaban J connectivity index is 1.40. The fourth-order valence-electron chi connectivity index (χ4n) is 3.61. The highest BCUT2D eigenvalue weighted by Gasteiger charge is 2.13. The van der Waals surface area contributed by atoms with Gasteiger partial charge in [-0.05, 0) is 54.0 Å². The van der Waals surface area contributed by atoms with Crippen LogP contribution in [0.1, 0.15) is 45.3 Å². The van der Waals surface area contributed by atoms with Crippen molar-refractivity contribution in [1.82, 2.24) is 0 Å². The van der Waals surface area contributed by atoms with Gasteiger partial charge in [0, 0.05) is 11.6 Å². The van der Waals surface area contributed by atoms with Crippen molar-refractivity contribution >= 4 is 29.7 Å². The highest BCUT2D eigenvalue weighted by Crippen LogP contribution is 2.27. The molecule has 0 bridgehead atoms. The molecular weight excluding hydrogens is 402 g/mol. The summed E-state index contributed by atoms with van der Waals surface area (Å²) in [6.45, 7) is 0. The molecule has 4 rings (SSSR count). The van der Waals surface area contributed by atoms with Gasteiger partial charge in [0.2, 0.25) is 5.91 Å². The van der Waals surface area contributed by atoms with Gasteiger partial charge in [-0.2, -0.15) is 0 Å². The van der Waals surface area contributed by atoms with Crippen LogP contribution in [-0.2, 0) is 11.2 Å². The van der Waals surface area contributed by atoms with Crippen LogP contribution in [0.4, 0.5) is 5.69 Å². The van der Waals surface area contributed by atoms with Crippen molar-refractivity contribution in [2.75, 3.05) is 5.32 Å². The Morgan fingerprint density at radius 2 is 1.91 bits per heavy atom. The molecule has 2 N–H and O–H groups in total. The van der Waals surface area contributed by atoms with Crippen LogP contribution in [0.15, 0.2) is 89.4 Å². The molecule has 1 aliphatic carbocycles. The summed E-state index contributed by atoms with van der Waals surface area (Å²) in [5, 5.41) is 12.1. The number of carboxylic acids is 1. The standard InChI is InChI=1S/C27H23NO4/c29-26(18-21-10-4-5-12-24(21)27(30)31)28-22-11-6-7-19(17-22)13-14-23-15-16-25(32-23)20-8-2-1-3-9-20/h1-8,10-17,20H,9,18H2,(H,28,29)(H,30,31)/b14-13+. The second-order valence-electron chi connectivity index (χ2n) is 7.54. The SMILES string of the molecule is O=C(Cc1ccccc1C(=O)O)Nc1cccc(/C=C/c2ccc(C3C=CC=CC3)o2)c1. The zero-order valence-corrected chi connectivity index (χ0v) is 17.4. The van der Waals surface area contributed by atoms with Gasteiger partial charge in [0.1, 0.15) is 11.5 Å². The van der Waals surface area contributed by atoms with E-state index in [0.29, 0.717) is 11.3 Å². The minimum atomic E-state index is -1.04. The number of anilines is 1. The van der Waals surface area contributed by atoms with E-state index in [1.165, 1.54) is 6.07 Å². The van der Waals surface area contributed by atoms with Gasteiger partial charge >= 0.3 is 5.97 Å². The summed E-state index contributed by atoms with van der Waals surface area (Å²) in [6, 6.07) is 17.9. The van der Waals surface area contributed by atoms with Crippen molar-refractivity contribution in [2.45, 2.75) is 18.8 Å². The van der Waals surface area contributed by atoms with E-state index in [9.17, 15) is 14.7 Å². The fourth-order valence-corrected chi connectivity index (χ4v) is 3.61. The number of furan rings is 1. The molecule has 0 aliphatic heterocycles. The smallest absolute Gasteiger partial charge is 0.335 e. The number of hydrogen-bond acceptors (Lipinski definition) is 3. The van der Waals surface area contributed by atoms with Crippen LogP contribution in [0.5, 0.6) is 0 Å². The summed E-state index contributed by atoms with van der Waals surface area (Å²) in [5.74, 6) is 0.658. The van der Waals surface area contributed by atoms with E-state index in [0.717, 1.165) is 23.5 Å². The topological polar surface area (TPSA) is 79.5 Å². The average molecular weight is 425 g/mol. The maximum absolute atomic E-state index is 12.5. The lowest BCUT2D eigenvalue weighted by molar-refractivity contribution is -0.115. The molecule has 0 spiro atoms. The fraction of sp³-hybridized carbons (Fsp3) is 0.111. The summed E-state index contributed by atoms with van der Waals surface area (Å²) in [5.41, 5.74) is 2.17. The first-order valence-electron chi connectivity index (χ1n) is 10.4. The predicted molar refractivity (Wildman–Crippen MR) is 125 cm³/mol. The lowest BCUT2D eigenvalue weighted by Crippen LogP contribution is -2.16. The monoisotopic (exact) mass is 425 g/mol. The predicted octanol–water partition coefficient (Wildman–Crippen LogP) is 5.93. The third-order valence-electron chi connectivity index (χ3n) is 5.20. The summed E-state index contributed by atoms with van der Waals surface area (Å²) in [7, 11) is 0. The molecular formula is C27H23NO4. The van der Waals surface area contributed by atoms with Crippen LogP contribution in [0.2, 0.25) is 0 Å². The molecule has 1 amide bonds. The normalized spacial score (nSPS) is 15.2. The molecule has 1 atom stereocenters. The van der Waals surface area contributed by atoms with Crippen molar-refractivity contribution < 1.29 is 19.1 Å². The molecule has 32 heavy (non-hydrogen) atoms. The first-order valence-corrected chi connectivity index (χ1v) is 10.4. The lowest BCUT2D eigenvalue weighted by atomic mass is 9.98. The Morgan fingerprint density at radius 1 is 1.03 bits per heavy atom. The van der Waals surface area contributed by atoms with E-state index in [1.54, 1.807) is 24.3 Å². The summed E-state index contributed by atoms with van der Waals surface area (Å²) < 4.78 is 5.95. The maximum Gasteiger partial charge on any atom is 0.335 e. The molecule has 0 saturated carbocycles. The van der Waals surface area contributed by atoms with Gasteiger partial charge in [-0.25, -0.2) is 4.79 Å². The van der Waals surface area contributed by atoms with Gasteiger partial charge in [-0.3, -0.25) is 4.79 Å². The summed E-state index contributed by atoms with van der Waals surface area (Å²) >= 11 is 0. The Morgan fingerprint density at radius 3 is 2.72 bits per heavy atom. The molecule has 0 fully saturated rings. The molecule has 1 aliphatic rings. The molecule has 1 aromatic heterocycles. The Labute approximate surface area is 186 Å². The maximum atomic E-state index is 12.5. The van der Waals surface area contributed by atoms with Gasteiger partial charge < -0.3 is 14.8 Å². The second-order valence-corrected chi connectivity index (χ2v) is 7.54. The number of nitrogens with one attached hydrogen (secondary N) is 1. The lowest BCUT2D eigenvalue weighted by Gasteiger charge is -2.09. The van der Waals surface area contributed by atoms with E-state index in [4.69, 9.17) is 4.42 Å². The molecule has 1 unspecified atom stereocenters. The van der Waals surface area contributed by atoms with Crippen LogP contribution < -0.4 is 5.32 Å². The minimum Gasteiger partial charge on any atom is -0.478 e. The van der Waals surface area contributed by atoms with Gasteiger partial charge in [-0.1, -0.05) is 60.7 Å². The number of carbonyl (C=O) groups excluding carboxylic acids is 1. The van der Waals surface area contributed by atoms with Gasteiger partial charge in [0.25, 0.3) is 0 Å². The van der Waals surface area contributed by atoms with Crippen LogP contribution in [0.25, 0.3) is 12.2 Å². The van der Waals surface area contributed by atoms with Crippen molar-refractivity contribution in [3.63, 3.8) is 0 Å². The number of hydrogen-bond donors (Lipinski definition) is 2. The van der Waals surface area contributed by atoms with E-state index >= 15 is 0 Å². The molecule has 0 saturated heterocycles. The largest absolute Gasteiger partial charge is 0.478 e. The molecule has 5 heteroatoms. The Bertz CT molecular complexity index is 1220. The van der Waals surface area contributed by atoms with E-state index < -0.39 is 5.97 Å². The number of benzene rings is 2. The van der Waals surface area contributed by atoms with Crippen molar-refractivity contribution in [3.05, 3.63) is 113 Å². The third-order valence-corrected chi connectivity index (χ3v) is 5.20. The van der Waals surface area contributed by atoms with Gasteiger partial charge in [0.05, 0.1) is 12.0 Å². The molecule has 3 aromatic rings. The molecule has 160 valence electrons. The Hall–Kier alpha value is -4.12. The quantitative estimate of drug-likeness (QED) is 0.492. The molecule has 5 nitrogen and oxygen atoms in total. The minimum absolute atomic E-state index is 0.0114. The zero-order valence-electron chi connectivity index (χ0n) is 17.4. The van der Waals surface area contributed by atoms with Crippen LogP contribution in [0.3, 0.4) is 0 Å². The van der Waals surface area contributed by atoms with Crippen LogP contribution in [0, 0.1) is 0 Å². The molecule has 0 radical (unpaired) electrons. The number of allylic oxidation sites excluding steroid dienone is 4. The van der Waals surface area contributed by atoms with Crippen molar-refractivity contribution in [2.24, 2.45) is 0 Å². The van der Waals surface area contributed by atoms with Crippen molar-refractivity contribution in [1.29, 1.82) is 0 Å². The second kappa shape index (κ2) is 9.79. The summed E-state index contributed by atoms with van der Waals surface area (Å²) in [6.07, 6.45) is 13.1. The number of aromatic carboxylic acids is 1. The van der Waals surface area contributed by atoms with E-state index in [2.05, 4.69) is 17.5 Å². The number of carboxylic acid groups (broad SMARTS) is 1.